The Morgan fingerprint density at radius 1 is 1.00 bits per heavy atom. The minimum atomic E-state index is -3.13. The molecule has 0 saturated carbocycles. The van der Waals surface area contributed by atoms with Crippen molar-refractivity contribution in [3.63, 3.8) is 0 Å². The first kappa shape index (κ1) is 11.3. The van der Waals surface area contributed by atoms with E-state index in [1.807, 2.05) is 42.5 Å². The first-order valence-electron chi connectivity index (χ1n) is 4.23. The summed E-state index contributed by atoms with van der Waals surface area (Å²) in [5.74, 6) is 0. The normalized spacial score (nSPS) is 11.9. The summed E-state index contributed by atoms with van der Waals surface area (Å²) in [7, 11) is 0. The summed E-state index contributed by atoms with van der Waals surface area (Å²) in [6.07, 6.45) is 0. The molecule has 0 spiro atoms. The van der Waals surface area contributed by atoms with Crippen LogP contribution in [0.25, 0.3) is 10.8 Å². The Kier molecular flexibility index (Phi) is 3.32. The van der Waals surface area contributed by atoms with Crippen LogP contribution in [0.1, 0.15) is 0 Å². The average Bonchev–Trinajstić information content (AvgIpc) is 2.16. The van der Waals surface area contributed by atoms with Gasteiger partial charge in [0.25, 0.3) is 0 Å². The maximum absolute atomic E-state index is 11.3. The lowest BCUT2D eigenvalue weighted by molar-refractivity contribution is 0.600. The van der Waals surface area contributed by atoms with Crippen LogP contribution in [-0.2, 0) is 4.57 Å². The molecule has 2 rings (SSSR count). The van der Waals surface area contributed by atoms with E-state index in [-0.39, 0.29) is 0 Å². The highest BCUT2D eigenvalue weighted by Crippen LogP contribution is 2.70. The Balaban J connectivity index is 2.56. The van der Waals surface area contributed by atoms with Gasteiger partial charge in [0.1, 0.15) is 0 Å². The predicted octanol–water partition coefficient (Wildman–Crippen LogP) is 5.52. The van der Waals surface area contributed by atoms with Gasteiger partial charge in [0.15, 0.2) is 0 Å². The molecule has 0 saturated heterocycles. The van der Waals surface area contributed by atoms with E-state index in [0.717, 1.165) is 27.0 Å². The average molecular weight is 277 g/mol. The summed E-state index contributed by atoms with van der Waals surface area (Å²) in [5.41, 5.74) is 0. The molecule has 0 aliphatic heterocycles. The van der Waals surface area contributed by atoms with Gasteiger partial charge in [0, 0.05) is 4.90 Å². The first-order valence-corrected chi connectivity index (χ1v) is 9.17. The first-order chi connectivity index (χ1) is 7.06. The summed E-state index contributed by atoms with van der Waals surface area (Å²) in [6, 6.07) is 13.6. The molecule has 0 aliphatic rings. The van der Waals surface area contributed by atoms with Crippen molar-refractivity contribution in [2.24, 2.45) is 0 Å². The maximum Gasteiger partial charge on any atom is 0.311 e. The monoisotopic (exact) mass is 276 g/mol. The molecule has 2 aromatic carbocycles. The molecule has 0 N–H and O–H groups in total. The van der Waals surface area contributed by atoms with Crippen molar-refractivity contribution >= 4 is 49.7 Å². The lowest BCUT2D eigenvalue weighted by Gasteiger charge is -2.05. The van der Waals surface area contributed by atoms with Crippen molar-refractivity contribution in [1.82, 2.24) is 0 Å². The van der Waals surface area contributed by atoms with E-state index < -0.39 is 5.05 Å². The SMILES string of the molecule is O=P(Cl)(Cl)Sc1cccc2ccccc12. The van der Waals surface area contributed by atoms with E-state index in [4.69, 9.17) is 22.5 Å². The quantitative estimate of drug-likeness (QED) is 0.672. The van der Waals surface area contributed by atoms with Crippen LogP contribution in [-0.4, -0.2) is 0 Å². The third-order valence-electron chi connectivity index (χ3n) is 1.95. The molecular weight excluding hydrogens is 270 g/mol. The lowest BCUT2D eigenvalue weighted by Crippen LogP contribution is -1.74. The molecule has 5 heteroatoms. The zero-order chi connectivity index (χ0) is 10.9. The number of halogens is 2. The molecule has 0 amide bonds. The van der Waals surface area contributed by atoms with E-state index >= 15 is 0 Å². The third kappa shape index (κ3) is 2.92. The summed E-state index contributed by atoms with van der Waals surface area (Å²) in [5, 5.41) is -1.02. The second-order valence-electron chi connectivity index (χ2n) is 2.98. The summed E-state index contributed by atoms with van der Waals surface area (Å²) >= 11 is 12.1. The molecule has 1 nitrogen and oxygen atoms in total. The van der Waals surface area contributed by atoms with E-state index in [0.29, 0.717) is 0 Å². The second kappa shape index (κ2) is 4.39. The summed E-state index contributed by atoms with van der Waals surface area (Å²) < 4.78 is 11.3. The Labute approximate surface area is 101 Å². The van der Waals surface area contributed by atoms with Crippen LogP contribution in [0.4, 0.5) is 0 Å². The van der Waals surface area contributed by atoms with Crippen molar-refractivity contribution in [3.8, 4) is 0 Å². The molecule has 0 atom stereocenters. The van der Waals surface area contributed by atoms with Gasteiger partial charge in [-0.3, -0.25) is 4.57 Å². The molecule has 2 aromatic rings. The Bertz CT molecular complexity index is 532. The lowest BCUT2D eigenvalue weighted by atomic mass is 10.1. The fourth-order valence-corrected chi connectivity index (χ4v) is 4.55. The van der Waals surface area contributed by atoms with Crippen LogP contribution in [0.3, 0.4) is 0 Å². The van der Waals surface area contributed by atoms with Gasteiger partial charge in [-0.05, 0) is 50.7 Å². The molecule has 15 heavy (non-hydrogen) atoms. The number of hydrogen-bond donors (Lipinski definition) is 0. The van der Waals surface area contributed by atoms with Gasteiger partial charge in [0.2, 0.25) is 0 Å². The van der Waals surface area contributed by atoms with Crippen molar-refractivity contribution in [2.45, 2.75) is 4.90 Å². The molecule has 78 valence electrons. The largest absolute Gasteiger partial charge is 0.311 e. The Morgan fingerprint density at radius 2 is 1.67 bits per heavy atom. The molecule has 0 bridgehead atoms. The number of rotatable bonds is 2. The van der Waals surface area contributed by atoms with Crippen LogP contribution in [0.15, 0.2) is 47.4 Å². The minimum Gasteiger partial charge on any atom is -0.277 e. The van der Waals surface area contributed by atoms with E-state index in [9.17, 15) is 4.57 Å². The molecular formula is C10H7Cl2OPS. The van der Waals surface area contributed by atoms with Crippen LogP contribution < -0.4 is 0 Å². The highest BCUT2D eigenvalue weighted by Gasteiger charge is 2.17. The smallest absolute Gasteiger partial charge is 0.277 e. The van der Waals surface area contributed by atoms with Gasteiger partial charge in [0.05, 0.1) is 0 Å². The van der Waals surface area contributed by atoms with Crippen LogP contribution >= 0.6 is 38.9 Å². The zero-order valence-corrected chi connectivity index (χ0v) is 10.8. The summed E-state index contributed by atoms with van der Waals surface area (Å²) in [6.45, 7) is 0. The molecule has 0 heterocycles. The van der Waals surface area contributed by atoms with Crippen LogP contribution in [0.2, 0.25) is 0 Å². The fraction of sp³-hybridized carbons (Fsp3) is 0. The fourth-order valence-electron chi connectivity index (χ4n) is 1.39. The zero-order valence-electron chi connectivity index (χ0n) is 7.56. The topological polar surface area (TPSA) is 17.1 Å². The van der Waals surface area contributed by atoms with Gasteiger partial charge < -0.3 is 0 Å². The number of hydrogen-bond acceptors (Lipinski definition) is 2. The highest BCUT2D eigenvalue weighted by molar-refractivity contribution is 8.72. The second-order valence-corrected chi connectivity index (χ2v) is 11.1. The number of benzene rings is 2. The third-order valence-corrected chi connectivity index (χ3v) is 5.19. The van der Waals surface area contributed by atoms with Gasteiger partial charge >= 0.3 is 5.05 Å². The van der Waals surface area contributed by atoms with Crippen molar-refractivity contribution in [1.29, 1.82) is 0 Å². The molecule has 0 radical (unpaired) electrons. The van der Waals surface area contributed by atoms with Crippen molar-refractivity contribution < 1.29 is 4.57 Å². The maximum atomic E-state index is 11.3. The van der Waals surface area contributed by atoms with Gasteiger partial charge in [-0.25, -0.2) is 0 Å². The van der Waals surface area contributed by atoms with Gasteiger partial charge in [-0.2, -0.15) is 0 Å². The predicted molar refractivity (Wildman–Crippen MR) is 69.1 cm³/mol. The van der Waals surface area contributed by atoms with E-state index in [1.54, 1.807) is 0 Å². The van der Waals surface area contributed by atoms with Crippen LogP contribution in [0, 0.1) is 0 Å². The van der Waals surface area contributed by atoms with Crippen LogP contribution in [0.5, 0.6) is 0 Å². The highest BCUT2D eigenvalue weighted by atomic mass is 35.9. The van der Waals surface area contributed by atoms with Crippen molar-refractivity contribution in [2.75, 3.05) is 0 Å². The van der Waals surface area contributed by atoms with Gasteiger partial charge in [-0.15, -0.1) is 0 Å². The Hall–Kier alpha value is -0.140. The standard InChI is InChI=1S/C10H7Cl2OPS/c11-14(12,13)15-10-7-3-5-8-4-1-2-6-9(8)10/h1-7H. The van der Waals surface area contributed by atoms with E-state index in [1.165, 1.54) is 0 Å². The van der Waals surface area contributed by atoms with E-state index in [2.05, 4.69) is 0 Å². The van der Waals surface area contributed by atoms with Crippen molar-refractivity contribution in [3.05, 3.63) is 42.5 Å². The molecule has 0 aliphatic carbocycles. The summed E-state index contributed by atoms with van der Waals surface area (Å²) in [4.78, 5) is 0.849. The van der Waals surface area contributed by atoms with Gasteiger partial charge in [-0.1, -0.05) is 36.4 Å². The Morgan fingerprint density at radius 3 is 2.40 bits per heavy atom. The number of fused-ring (bicyclic) bond motifs is 1. The molecule has 0 fully saturated rings. The molecule has 0 aromatic heterocycles. The molecule has 0 unspecified atom stereocenters. The minimum absolute atomic E-state index is 0.849.